The van der Waals surface area contributed by atoms with Crippen LogP contribution in [0.2, 0.25) is 0 Å². The van der Waals surface area contributed by atoms with E-state index >= 15 is 0 Å². The highest BCUT2D eigenvalue weighted by Gasteiger charge is 2.23. The van der Waals surface area contributed by atoms with Gasteiger partial charge in [0.25, 0.3) is 0 Å². The molecule has 0 saturated heterocycles. The molecule has 0 radical (unpaired) electrons. The van der Waals surface area contributed by atoms with Crippen molar-refractivity contribution in [1.29, 1.82) is 5.26 Å². The summed E-state index contributed by atoms with van der Waals surface area (Å²) in [6, 6.07) is 2.11. The van der Waals surface area contributed by atoms with Gasteiger partial charge < -0.3 is 5.11 Å². The van der Waals surface area contributed by atoms with E-state index in [0.717, 1.165) is 0 Å². The van der Waals surface area contributed by atoms with Gasteiger partial charge in [-0.25, -0.2) is 0 Å². The van der Waals surface area contributed by atoms with Crippen molar-refractivity contribution in [2.24, 2.45) is 11.3 Å². The molecule has 2 heteroatoms. The SMILES string of the molecule is CC(C#N)CC(O)C(C)(C)C. The predicted molar refractivity (Wildman–Crippen MR) is 44.9 cm³/mol. The van der Waals surface area contributed by atoms with Crippen molar-refractivity contribution < 1.29 is 5.11 Å². The van der Waals surface area contributed by atoms with Crippen LogP contribution in [0, 0.1) is 22.7 Å². The van der Waals surface area contributed by atoms with Crippen LogP contribution in [0.15, 0.2) is 0 Å². The number of aliphatic hydroxyl groups excluding tert-OH is 1. The Hall–Kier alpha value is -0.550. The summed E-state index contributed by atoms with van der Waals surface area (Å²) in [5, 5.41) is 18.0. The molecule has 0 aromatic rings. The molecule has 0 aliphatic carbocycles. The van der Waals surface area contributed by atoms with Crippen LogP contribution < -0.4 is 0 Å². The van der Waals surface area contributed by atoms with Gasteiger partial charge in [-0.1, -0.05) is 20.8 Å². The Bertz CT molecular complexity index is 152. The average molecular weight is 155 g/mol. The van der Waals surface area contributed by atoms with Gasteiger partial charge in [-0.2, -0.15) is 5.26 Å². The number of hydrogen-bond donors (Lipinski definition) is 1. The first-order valence-corrected chi connectivity index (χ1v) is 3.95. The van der Waals surface area contributed by atoms with Crippen molar-refractivity contribution in [1.82, 2.24) is 0 Å². The molecule has 0 aliphatic heterocycles. The van der Waals surface area contributed by atoms with Crippen molar-refractivity contribution in [2.45, 2.75) is 40.2 Å². The third-order valence-corrected chi connectivity index (χ3v) is 1.80. The maximum atomic E-state index is 9.54. The molecular weight excluding hydrogens is 138 g/mol. The van der Waals surface area contributed by atoms with E-state index in [1.165, 1.54) is 0 Å². The minimum atomic E-state index is -0.378. The fourth-order valence-electron chi connectivity index (χ4n) is 0.741. The van der Waals surface area contributed by atoms with E-state index in [2.05, 4.69) is 6.07 Å². The average Bonchev–Trinajstić information content (AvgIpc) is 1.85. The molecule has 0 rings (SSSR count). The highest BCUT2D eigenvalue weighted by atomic mass is 16.3. The summed E-state index contributed by atoms with van der Waals surface area (Å²) < 4.78 is 0. The predicted octanol–water partition coefficient (Wildman–Crippen LogP) is 1.94. The molecule has 0 amide bonds. The van der Waals surface area contributed by atoms with Crippen LogP contribution in [0.25, 0.3) is 0 Å². The summed E-state index contributed by atoms with van der Waals surface area (Å²) in [7, 11) is 0. The van der Waals surface area contributed by atoms with E-state index in [1.807, 2.05) is 27.7 Å². The van der Waals surface area contributed by atoms with E-state index in [4.69, 9.17) is 5.26 Å². The van der Waals surface area contributed by atoms with E-state index in [0.29, 0.717) is 6.42 Å². The minimum absolute atomic E-state index is 0.0516. The molecule has 64 valence electrons. The largest absolute Gasteiger partial charge is 0.393 e. The third kappa shape index (κ3) is 4.00. The lowest BCUT2D eigenvalue weighted by atomic mass is 9.84. The highest BCUT2D eigenvalue weighted by Crippen LogP contribution is 2.23. The van der Waals surface area contributed by atoms with Crippen molar-refractivity contribution in [3.63, 3.8) is 0 Å². The smallest absolute Gasteiger partial charge is 0.0653 e. The first-order chi connectivity index (χ1) is 4.88. The zero-order chi connectivity index (χ0) is 9.07. The van der Waals surface area contributed by atoms with Crippen LogP contribution >= 0.6 is 0 Å². The van der Waals surface area contributed by atoms with E-state index < -0.39 is 0 Å². The molecule has 0 bridgehead atoms. The van der Waals surface area contributed by atoms with Crippen LogP contribution in [0.5, 0.6) is 0 Å². The molecular formula is C9H17NO. The molecule has 2 atom stereocenters. The molecule has 2 nitrogen and oxygen atoms in total. The van der Waals surface area contributed by atoms with Gasteiger partial charge in [0.2, 0.25) is 0 Å². The molecule has 1 N–H and O–H groups in total. The zero-order valence-corrected chi connectivity index (χ0v) is 7.76. The lowest BCUT2D eigenvalue weighted by Gasteiger charge is -2.26. The molecule has 0 aromatic carbocycles. The summed E-state index contributed by atoms with van der Waals surface area (Å²) in [5.41, 5.74) is -0.106. The van der Waals surface area contributed by atoms with E-state index in [9.17, 15) is 5.11 Å². The fraction of sp³-hybridized carbons (Fsp3) is 0.889. The van der Waals surface area contributed by atoms with Crippen LogP contribution in [0.4, 0.5) is 0 Å². The quantitative estimate of drug-likeness (QED) is 0.662. The standard InChI is InChI=1S/C9H17NO/c1-7(6-10)5-8(11)9(2,3)4/h7-8,11H,5H2,1-4H3. The van der Waals surface area contributed by atoms with Gasteiger partial charge in [-0.15, -0.1) is 0 Å². The Morgan fingerprint density at radius 2 is 1.91 bits per heavy atom. The van der Waals surface area contributed by atoms with Gasteiger partial charge in [-0.05, 0) is 18.8 Å². The molecule has 0 saturated carbocycles. The van der Waals surface area contributed by atoms with Crippen molar-refractivity contribution in [3.8, 4) is 6.07 Å². The second kappa shape index (κ2) is 3.73. The van der Waals surface area contributed by atoms with Crippen LogP contribution in [-0.4, -0.2) is 11.2 Å². The van der Waals surface area contributed by atoms with E-state index in [1.54, 1.807) is 0 Å². The lowest BCUT2D eigenvalue weighted by Crippen LogP contribution is -2.27. The van der Waals surface area contributed by atoms with Gasteiger partial charge in [0.1, 0.15) is 0 Å². The number of rotatable bonds is 2. The highest BCUT2D eigenvalue weighted by molar-refractivity contribution is 4.84. The van der Waals surface area contributed by atoms with Crippen LogP contribution in [-0.2, 0) is 0 Å². The van der Waals surface area contributed by atoms with Crippen molar-refractivity contribution >= 4 is 0 Å². The second-order valence-corrected chi connectivity index (χ2v) is 4.15. The molecule has 11 heavy (non-hydrogen) atoms. The molecule has 0 fully saturated rings. The number of hydrogen-bond acceptors (Lipinski definition) is 2. The number of aliphatic hydroxyl groups is 1. The van der Waals surface area contributed by atoms with Crippen molar-refractivity contribution in [3.05, 3.63) is 0 Å². The zero-order valence-electron chi connectivity index (χ0n) is 7.76. The normalized spacial score (nSPS) is 17.1. The van der Waals surface area contributed by atoms with Gasteiger partial charge >= 0.3 is 0 Å². The van der Waals surface area contributed by atoms with Crippen molar-refractivity contribution in [2.75, 3.05) is 0 Å². The summed E-state index contributed by atoms with van der Waals surface area (Å²) in [6.45, 7) is 7.75. The number of nitriles is 1. The Morgan fingerprint density at radius 1 is 1.45 bits per heavy atom. The summed E-state index contributed by atoms with van der Waals surface area (Å²) in [5.74, 6) is -0.0516. The summed E-state index contributed by atoms with van der Waals surface area (Å²) in [4.78, 5) is 0. The monoisotopic (exact) mass is 155 g/mol. The Balaban J connectivity index is 3.90. The van der Waals surface area contributed by atoms with Gasteiger partial charge in [-0.3, -0.25) is 0 Å². The Kier molecular flexibility index (Phi) is 3.54. The maximum Gasteiger partial charge on any atom is 0.0653 e. The Morgan fingerprint density at radius 3 is 2.18 bits per heavy atom. The van der Waals surface area contributed by atoms with E-state index in [-0.39, 0.29) is 17.4 Å². The third-order valence-electron chi connectivity index (χ3n) is 1.80. The van der Waals surface area contributed by atoms with Crippen LogP contribution in [0.3, 0.4) is 0 Å². The van der Waals surface area contributed by atoms with Gasteiger partial charge in [0.05, 0.1) is 12.2 Å². The second-order valence-electron chi connectivity index (χ2n) is 4.15. The molecule has 0 heterocycles. The first-order valence-electron chi connectivity index (χ1n) is 3.95. The maximum absolute atomic E-state index is 9.54. The van der Waals surface area contributed by atoms with Crippen LogP contribution in [0.1, 0.15) is 34.1 Å². The molecule has 0 aromatic heterocycles. The Labute approximate surface area is 68.8 Å². The number of nitrogens with zero attached hydrogens (tertiary/aromatic N) is 1. The van der Waals surface area contributed by atoms with Gasteiger partial charge in [0.15, 0.2) is 0 Å². The summed E-state index contributed by atoms with van der Waals surface area (Å²) >= 11 is 0. The first kappa shape index (κ1) is 10.4. The minimum Gasteiger partial charge on any atom is -0.393 e. The fourth-order valence-corrected chi connectivity index (χ4v) is 0.741. The molecule has 2 unspecified atom stereocenters. The topological polar surface area (TPSA) is 44.0 Å². The molecule has 0 aliphatic rings. The summed E-state index contributed by atoms with van der Waals surface area (Å²) in [6.07, 6.45) is 0.192. The molecule has 0 spiro atoms. The lowest BCUT2D eigenvalue weighted by molar-refractivity contribution is 0.0486. The van der Waals surface area contributed by atoms with Gasteiger partial charge in [0, 0.05) is 5.92 Å².